The van der Waals surface area contributed by atoms with Gasteiger partial charge >= 0.3 is 5.97 Å². The lowest BCUT2D eigenvalue weighted by atomic mass is 9.95. The van der Waals surface area contributed by atoms with E-state index in [2.05, 4.69) is 10.5 Å². The third-order valence-corrected chi connectivity index (χ3v) is 5.59. The Kier molecular flexibility index (Phi) is 6.76. The van der Waals surface area contributed by atoms with Crippen molar-refractivity contribution in [3.63, 3.8) is 0 Å². The topological polar surface area (TPSA) is 119 Å². The van der Waals surface area contributed by atoms with Gasteiger partial charge < -0.3 is 9.47 Å². The number of methoxy groups -OCH3 is 1. The van der Waals surface area contributed by atoms with Crippen LogP contribution < -0.4 is 15.7 Å². The SMILES string of the molecule is COC(=O)C1(CCC(=O)NO)C=C(c2ccc(OCc3cc(C)nc4ccccc34)cc2)NO1. The van der Waals surface area contributed by atoms with E-state index in [-0.39, 0.29) is 12.8 Å². The van der Waals surface area contributed by atoms with E-state index in [9.17, 15) is 9.59 Å². The number of amides is 1. The van der Waals surface area contributed by atoms with Crippen LogP contribution in [0, 0.1) is 6.92 Å². The van der Waals surface area contributed by atoms with Crippen LogP contribution in [0.4, 0.5) is 0 Å². The molecule has 1 unspecified atom stereocenters. The molecule has 0 fully saturated rings. The molecule has 2 aromatic carbocycles. The van der Waals surface area contributed by atoms with Gasteiger partial charge in [0.2, 0.25) is 11.5 Å². The molecule has 34 heavy (non-hydrogen) atoms. The number of carbonyl (C=O) groups is 2. The smallest absolute Gasteiger partial charge is 0.345 e. The zero-order chi connectivity index (χ0) is 24.1. The van der Waals surface area contributed by atoms with Gasteiger partial charge in [-0.1, -0.05) is 18.2 Å². The molecule has 1 amide bonds. The molecule has 1 aliphatic heterocycles. The number of fused-ring (bicyclic) bond motifs is 1. The molecule has 0 aliphatic carbocycles. The number of esters is 1. The van der Waals surface area contributed by atoms with Crippen LogP contribution in [0.25, 0.3) is 16.6 Å². The summed E-state index contributed by atoms with van der Waals surface area (Å²) < 4.78 is 10.9. The maximum absolute atomic E-state index is 12.4. The number of aromatic nitrogens is 1. The highest BCUT2D eigenvalue weighted by molar-refractivity contribution is 5.87. The maximum Gasteiger partial charge on any atom is 0.345 e. The first-order valence-corrected chi connectivity index (χ1v) is 10.7. The lowest BCUT2D eigenvalue weighted by Gasteiger charge is -2.21. The predicted molar refractivity (Wildman–Crippen MR) is 123 cm³/mol. The Balaban J connectivity index is 1.48. The molecule has 2 heterocycles. The van der Waals surface area contributed by atoms with Gasteiger partial charge in [-0.15, -0.1) is 0 Å². The van der Waals surface area contributed by atoms with Crippen molar-refractivity contribution in [3.8, 4) is 5.75 Å². The Bertz CT molecular complexity index is 1240. The van der Waals surface area contributed by atoms with Crippen molar-refractivity contribution in [1.82, 2.24) is 15.9 Å². The van der Waals surface area contributed by atoms with Crippen LogP contribution in [0.15, 0.2) is 60.7 Å². The summed E-state index contributed by atoms with van der Waals surface area (Å²) in [4.78, 5) is 33.9. The molecular formula is C25H25N3O6. The number of ether oxygens (including phenoxy) is 2. The van der Waals surface area contributed by atoms with E-state index in [0.717, 1.165) is 27.7 Å². The number of pyridine rings is 1. The fourth-order valence-corrected chi connectivity index (χ4v) is 3.84. The van der Waals surface area contributed by atoms with Crippen LogP contribution in [-0.2, 0) is 25.8 Å². The number of hydroxylamine groups is 2. The molecule has 9 heteroatoms. The van der Waals surface area contributed by atoms with Gasteiger partial charge in [-0.2, -0.15) is 0 Å². The van der Waals surface area contributed by atoms with E-state index in [1.54, 1.807) is 11.6 Å². The number of benzene rings is 2. The Morgan fingerprint density at radius 2 is 1.94 bits per heavy atom. The number of hydrogen-bond acceptors (Lipinski definition) is 8. The van der Waals surface area contributed by atoms with E-state index in [0.29, 0.717) is 18.1 Å². The van der Waals surface area contributed by atoms with Gasteiger partial charge in [0.1, 0.15) is 12.4 Å². The van der Waals surface area contributed by atoms with Gasteiger partial charge in [0.05, 0.1) is 18.3 Å². The van der Waals surface area contributed by atoms with E-state index < -0.39 is 17.5 Å². The van der Waals surface area contributed by atoms with Crippen molar-refractivity contribution < 1.29 is 29.1 Å². The van der Waals surface area contributed by atoms with Crippen molar-refractivity contribution in [2.75, 3.05) is 7.11 Å². The molecular weight excluding hydrogens is 438 g/mol. The average Bonchev–Trinajstić information content (AvgIpc) is 3.31. The monoisotopic (exact) mass is 463 g/mol. The van der Waals surface area contributed by atoms with Crippen molar-refractivity contribution in [2.24, 2.45) is 0 Å². The molecule has 0 bridgehead atoms. The Morgan fingerprint density at radius 1 is 1.18 bits per heavy atom. The second-order valence-electron chi connectivity index (χ2n) is 7.93. The third-order valence-electron chi connectivity index (χ3n) is 5.59. The average molecular weight is 463 g/mol. The zero-order valence-corrected chi connectivity index (χ0v) is 18.8. The fourth-order valence-electron chi connectivity index (χ4n) is 3.84. The van der Waals surface area contributed by atoms with Crippen LogP contribution in [-0.4, -0.2) is 34.8 Å². The van der Waals surface area contributed by atoms with E-state index >= 15 is 0 Å². The van der Waals surface area contributed by atoms with Crippen LogP contribution in [0.2, 0.25) is 0 Å². The summed E-state index contributed by atoms with van der Waals surface area (Å²) in [7, 11) is 1.24. The first kappa shape index (κ1) is 23.2. The molecule has 1 aromatic heterocycles. The summed E-state index contributed by atoms with van der Waals surface area (Å²) >= 11 is 0. The molecule has 0 saturated carbocycles. The summed E-state index contributed by atoms with van der Waals surface area (Å²) in [5, 5.41) is 9.78. The lowest BCUT2D eigenvalue weighted by molar-refractivity contribution is -0.167. The van der Waals surface area contributed by atoms with E-state index in [4.69, 9.17) is 19.5 Å². The summed E-state index contributed by atoms with van der Waals surface area (Å²) in [6.45, 7) is 2.35. The van der Waals surface area contributed by atoms with Gasteiger partial charge in [0.15, 0.2) is 0 Å². The minimum atomic E-state index is -1.48. The summed E-state index contributed by atoms with van der Waals surface area (Å²) in [6.07, 6.45) is 1.43. The van der Waals surface area contributed by atoms with Gasteiger partial charge in [-0.3, -0.25) is 25.3 Å². The molecule has 176 valence electrons. The largest absolute Gasteiger partial charge is 0.489 e. The standard InChI is InChI=1S/C25H25N3O6/c1-16-13-18(20-5-3-4-6-21(20)26-16)15-33-19-9-7-17(8-10-19)22-14-25(34-28-22,24(30)32-2)12-11-23(29)27-31/h3-10,13-14,28,31H,11-12,15H2,1-2H3,(H,27,29). The number of hydrogen-bond donors (Lipinski definition) is 3. The van der Waals surface area contributed by atoms with Crippen LogP contribution in [0.1, 0.15) is 29.7 Å². The molecule has 1 atom stereocenters. The summed E-state index contributed by atoms with van der Waals surface area (Å²) in [6, 6.07) is 17.3. The number of nitrogens with zero attached hydrogens (tertiary/aromatic N) is 1. The predicted octanol–water partition coefficient (Wildman–Crippen LogP) is 3.20. The molecule has 0 saturated heterocycles. The van der Waals surface area contributed by atoms with Crippen molar-refractivity contribution in [2.45, 2.75) is 32.0 Å². The third kappa shape index (κ3) is 4.85. The zero-order valence-electron chi connectivity index (χ0n) is 18.8. The second-order valence-corrected chi connectivity index (χ2v) is 7.93. The molecule has 0 spiro atoms. The molecule has 1 aliphatic rings. The first-order chi connectivity index (χ1) is 16.4. The minimum absolute atomic E-state index is 0.0108. The van der Waals surface area contributed by atoms with Gasteiger partial charge in [-0.05, 0) is 55.0 Å². The molecule has 3 aromatic rings. The number of rotatable bonds is 8. The van der Waals surface area contributed by atoms with E-state index in [1.165, 1.54) is 7.11 Å². The normalized spacial score (nSPS) is 17.1. The molecule has 9 nitrogen and oxygen atoms in total. The summed E-state index contributed by atoms with van der Waals surface area (Å²) in [5.41, 5.74) is 7.03. The Hall–Kier alpha value is -3.95. The quantitative estimate of drug-likeness (QED) is 0.265. The Labute approximate surface area is 196 Å². The highest BCUT2D eigenvalue weighted by atomic mass is 16.7. The first-order valence-electron chi connectivity index (χ1n) is 10.7. The molecule has 3 N–H and O–H groups in total. The minimum Gasteiger partial charge on any atom is -0.489 e. The van der Waals surface area contributed by atoms with Crippen molar-refractivity contribution in [3.05, 3.63) is 77.5 Å². The van der Waals surface area contributed by atoms with Gasteiger partial charge in [-0.25, -0.2) is 10.3 Å². The number of carbonyl (C=O) groups excluding carboxylic acids is 2. The van der Waals surface area contributed by atoms with Crippen LogP contribution in [0.3, 0.4) is 0 Å². The summed E-state index contributed by atoms with van der Waals surface area (Å²) in [5.74, 6) is -0.603. The van der Waals surface area contributed by atoms with Gasteiger partial charge in [0, 0.05) is 29.5 Å². The van der Waals surface area contributed by atoms with Gasteiger partial charge in [0.25, 0.3) is 0 Å². The molecule has 4 rings (SSSR count). The van der Waals surface area contributed by atoms with Crippen LogP contribution in [0.5, 0.6) is 5.75 Å². The second kappa shape index (κ2) is 9.90. The highest BCUT2D eigenvalue weighted by Gasteiger charge is 2.44. The number of nitrogens with one attached hydrogen (secondary N) is 2. The maximum atomic E-state index is 12.4. The van der Waals surface area contributed by atoms with Crippen molar-refractivity contribution >= 4 is 28.5 Å². The number of para-hydroxylation sites is 1. The van der Waals surface area contributed by atoms with Crippen LogP contribution >= 0.6 is 0 Å². The van der Waals surface area contributed by atoms with E-state index in [1.807, 2.05) is 61.5 Å². The molecule has 0 radical (unpaired) electrons. The Morgan fingerprint density at radius 3 is 2.68 bits per heavy atom. The highest BCUT2D eigenvalue weighted by Crippen LogP contribution is 2.32. The lowest BCUT2D eigenvalue weighted by Crippen LogP contribution is -2.41. The fraction of sp³-hybridized carbons (Fsp3) is 0.240. The van der Waals surface area contributed by atoms with Crippen molar-refractivity contribution in [1.29, 1.82) is 0 Å². The number of aryl methyl sites for hydroxylation is 1.